The lowest BCUT2D eigenvalue weighted by molar-refractivity contribution is -0.111. The Kier molecular flexibility index (Phi) is 2.79. The molecule has 0 fully saturated rings. The van der Waals surface area contributed by atoms with E-state index in [4.69, 9.17) is 0 Å². The highest BCUT2D eigenvalue weighted by Gasteiger charge is 2.11. The van der Waals surface area contributed by atoms with Crippen LogP contribution in [0.3, 0.4) is 0 Å². The molecule has 1 aromatic rings. The van der Waals surface area contributed by atoms with Crippen molar-refractivity contribution in [2.45, 2.75) is 6.04 Å². The first-order valence-corrected chi connectivity index (χ1v) is 4.34. The smallest absolute Gasteiger partial charge is 0.141 e. The summed E-state index contributed by atoms with van der Waals surface area (Å²) in [5.74, 6) is 0. The number of aldehydes is 1. The van der Waals surface area contributed by atoms with Crippen molar-refractivity contribution < 1.29 is 4.79 Å². The van der Waals surface area contributed by atoms with Gasteiger partial charge >= 0.3 is 0 Å². The summed E-state index contributed by atoms with van der Waals surface area (Å²) >= 11 is 1.62. The molecular weight excluding hydrogens is 158 g/mol. The molecule has 2 nitrogen and oxygen atoms in total. The van der Waals surface area contributed by atoms with Gasteiger partial charge in [0.1, 0.15) is 6.29 Å². The maximum atomic E-state index is 10.6. The minimum atomic E-state index is -0.0822. The number of likely N-dealkylation sites (N-methyl/N-ethyl adjacent to an activating group) is 1. The van der Waals surface area contributed by atoms with E-state index in [0.717, 1.165) is 11.8 Å². The van der Waals surface area contributed by atoms with Crippen molar-refractivity contribution in [2.75, 3.05) is 14.1 Å². The van der Waals surface area contributed by atoms with Crippen LogP contribution in [0, 0.1) is 0 Å². The molecule has 0 spiro atoms. The number of nitrogens with zero attached hydrogens (tertiary/aromatic N) is 1. The standard InChI is InChI=1S/C8H11NOS/c1-9(2)8(5-10)7-3-4-11-6-7/h3-6,8H,1-2H3. The molecule has 1 unspecified atom stereocenters. The zero-order valence-corrected chi connectivity index (χ0v) is 7.47. The Morgan fingerprint density at radius 2 is 2.36 bits per heavy atom. The highest BCUT2D eigenvalue weighted by Crippen LogP contribution is 2.17. The molecule has 0 aliphatic rings. The lowest BCUT2D eigenvalue weighted by Crippen LogP contribution is -2.20. The van der Waals surface area contributed by atoms with Gasteiger partial charge < -0.3 is 4.79 Å². The number of hydrogen-bond donors (Lipinski definition) is 0. The third kappa shape index (κ3) is 1.88. The van der Waals surface area contributed by atoms with Crippen LogP contribution in [-0.4, -0.2) is 25.3 Å². The van der Waals surface area contributed by atoms with E-state index in [1.807, 2.05) is 35.8 Å². The fraction of sp³-hybridized carbons (Fsp3) is 0.375. The highest BCUT2D eigenvalue weighted by molar-refractivity contribution is 7.08. The van der Waals surface area contributed by atoms with Gasteiger partial charge in [-0.25, -0.2) is 0 Å². The zero-order valence-electron chi connectivity index (χ0n) is 6.65. The maximum Gasteiger partial charge on any atom is 0.141 e. The molecule has 11 heavy (non-hydrogen) atoms. The SMILES string of the molecule is CN(C)C(C=O)c1ccsc1. The molecule has 0 N–H and O–H groups in total. The van der Waals surface area contributed by atoms with Gasteiger partial charge in [-0.2, -0.15) is 11.3 Å². The summed E-state index contributed by atoms with van der Waals surface area (Å²) in [4.78, 5) is 12.5. The van der Waals surface area contributed by atoms with Crippen LogP contribution < -0.4 is 0 Å². The molecule has 0 aliphatic carbocycles. The number of rotatable bonds is 3. The first-order valence-electron chi connectivity index (χ1n) is 3.39. The van der Waals surface area contributed by atoms with Crippen molar-refractivity contribution in [3.05, 3.63) is 22.4 Å². The van der Waals surface area contributed by atoms with Crippen molar-refractivity contribution in [2.24, 2.45) is 0 Å². The van der Waals surface area contributed by atoms with E-state index in [2.05, 4.69) is 0 Å². The topological polar surface area (TPSA) is 20.3 Å². The van der Waals surface area contributed by atoms with Crippen LogP contribution in [0.15, 0.2) is 16.8 Å². The number of thiophene rings is 1. The Morgan fingerprint density at radius 3 is 2.73 bits per heavy atom. The average Bonchev–Trinajstić information content (AvgIpc) is 2.40. The van der Waals surface area contributed by atoms with Crippen LogP contribution in [0.4, 0.5) is 0 Å². The molecule has 1 heterocycles. The molecule has 1 atom stereocenters. The Morgan fingerprint density at radius 1 is 1.64 bits per heavy atom. The predicted octanol–water partition coefficient (Wildman–Crippen LogP) is 1.55. The summed E-state index contributed by atoms with van der Waals surface area (Å²) in [5, 5.41) is 3.98. The first kappa shape index (κ1) is 8.43. The second-order valence-electron chi connectivity index (χ2n) is 2.60. The number of carbonyl (C=O) groups excluding carboxylic acids is 1. The van der Waals surface area contributed by atoms with Crippen LogP contribution in [0.1, 0.15) is 11.6 Å². The third-order valence-electron chi connectivity index (χ3n) is 1.57. The molecule has 0 saturated heterocycles. The molecule has 1 aromatic heterocycles. The van der Waals surface area contributed by atoms with E-state index in [9.17, 15) is 4.79 Å². The van der Waals surface area contributed by atoms with Crippen LogP contribution in [0.2, 0.25) is 0 Å². The van der Waals surface area contributed by atoms with E-state index < -0.39 is 0 Å². The fourth-order valence-electron chi connectivity index (χ4n) is 0.942. The number of hydrogen-bond acceptors (Lipinski definition) is 3. The van der Waals surface area contributed by atoms with Gasteiger partial charge in [0.05, 0.1) is 6.04 Å². The van der Waals surface area contributed by atoms with Gasteiger partial charge in [-0.3, -0.25) is 4.90 Å². The molecule has 0 aliphatic heterocycles. The quantitative estimate of drug-likeness (QED) is 0.640. The normalized spacial score (nSPS) is 13.4. The van der Waals surface area contributed by atoms with Gasteiger partial charge in [0.25, 0.3) is 0 Å². The summed E-state index contributed by atoms with van der Waals surface area (Å²) in [7, 11) is 3.80. The van der Waals surface area contributed by atoms with E-state index >= 15 is 0 Å². The largest absolute Gasteiger partial charge is 0.301 e. The second-order valence-corrected chi connectivity index (χ2v) is 3.38. The van der Waals surface area contributed by atoms with E-state index in [1.165, 1.54) is 0 Å². The van der Waals surface area contributed by atoms with Crippen molar-refractivity contribution in [3.63, 3.8) is 0 Å². The highest BCUT2D eigenvalue weighted by atomic mass is 32.1. The Balaban J connectivity index is 2.79. The Hall–Kier alpha value is -0.670. The molecule has 60 valence electrons. The molecule has 0 amide bonds. The minimum absolute atomic E-state index is 0.0822. The number of carbonyl (C=O) groups is 1. The fourth-order valence-corrected chi connectivity index (χ4v) is 1.63. The van der Waals surface area contributed by atoms with Gasteiger partial charge in [0.15, 0.2) is 0 Å². The lowest BCUT2D eigenvalue weighted by Gasteiger charge is -2.16. The third-order valence-corrected chi connectivity index (χ3v) is 2.27. The van der Waals surface area contributed by atoms with Crippen molar-refractivity contribution in [1.82, 2.24) is 4.90 Å². The van der Waals surface area contributed by atoms with Crippen LogP contribution in [-0.2, 0) is 4.79 Å². The van der Waals surface area contributed by atoms with Gasteiger partial charge in [0.2, 0.25) is 0 Å². The molecule has 0 bridgehead atoms. The monoisotopic (exact) mass is 169 g/mol. The summed E-state index contributed by atoms with van der Waals surface area (Å²) in [5.41, 5.74) is 1.08. The Labute approximate surface area is 70.5 Å². The van der Waals surface area contributed by atoms with Gasteiger partial charge in [0, 0.05) is 0 Å². The summed E-state index contributed by atoms with van der Waals surface area (Å²) < 4.78 is 0. The van der Waals surface area contributed by atoms with E-state index in [1.54, 1.807) is 11.3 Å². The zero-order chi connectivity index (χ0) is 8.27. The molecule has 0 radical (unpaired) electrons. The van der Waals surface area contributed by atoms with Crippen molar-refractivity contribution in [1.29, 1.82) is 0 Å². The van der Waals surface area contributed by atoms with E-state index in [0.29, 0.717) is 0 Å². The van der Waals surface area contributed by atoms with Gasteiger partial charge in [-0.1, -0.05) is 0 Å². The molecule has 3 heteroatoms. The summed E-state index contributed by atoms with van der Waals surface area (Å²) in [6, 6.07) is 1.89. The van der Waals surface area contributed by atoms with Crippen molar-refractivity contribution >= 4 is 17.6 Å². The molecule has 0 saturated carbocycles. The van der Waals surface area contributed by atoms with Crippen molar-refractivity contribution in [3.8, 4) is 0 Å². The average molecular weight is 169 g/mol. The minimum Gasteiger partial charge on any atom is -0.301 e. The maximum absolute atomic E-state index is 10.6. The van der Waals surface area contributed by atoms with Gasteiger partial charge in [-0.15, -0.1) is 0 Å². The summed E-state index contributed by atoms with van der Waals surface area (Å²) in [6.45, 7) is 0. The lowest BCUT2D eigenvalue weighted by atomic mass is 10.1. The second kappa shape index (κ2) is 3.64. The molecular formula is C8H11NOS. The van der Waals surface area contributed by atoms with Crippen LogP contribution >= 0.6 is 11.3 Å². The van der Waals surface area contributed by atoms with Gasteiger partial charge in [-0.05, 0) is 36.5 Å². The Bertz CT molecular complexity index is 218. The molecule has 0 aromatic carbocycles. The molecule has 1 rings (SSSR count). The predicted molar refractivity (Wildman–Crippen MR) is 46.8 cm³/mol. The summed E-state index contributed by atoms with van der Waals surface area (Å²) in [6.07, 6.45) is 0.960. The first-order chi connectivity index (χ1) is 5.25. The van der Waals surface area contributed by atoms with Crippen LogP contribution in [0.5, 0.6) is 0 Å². The van der Waals surface area contributed by atoms with E-state index in [-0.39, 0.29) is 6.04 Å². The van der Waals surface area contributed by atoms with Crippen LogP contribution in [0.25, 0.3) is 0 Å².